The Hall–Kier alpha value is -3.08. The number of rotatable bonds is 5. The third-order valence-electron chi connectivity index (χ3n) is 4.12. The SMILES string of the molecule is COc1c([C@H](CC(C)=O)c2ccccc2)c(=O)oc2ccc(O)cc12. The predicted molar refractivity (Wildman–Crippen MR) is 94.3 cm³/mol. The van der Waals surface area contributed by atoms with Crippen LogP contribution in [0.1, 0.15) is 30.4 Å². The van der Waals surface area contributed by atoms with E-state index in [1.807, 2.05) is 30.3 Å². The Bertz CT molecular complexity index is 973. The summed E-state index contributed by atoms with van der Waals surface area (Å²) in [6.07, 6.45) is 0.148. The van der Waals surface area contributed by atoms with E-state index in [1.54, 1.807) is 0 Å². The van der Waals surface area contributed by atoms with E-state index in [9.17, 15) is 14.7 Å². The summed E-state index contributed by atoms with van der Waals surface area (Å²) in [4.78, 5) is 24.5. The molecule has 0 saturated carbocycles. The first-order valence-corrected chi connectivity index (χ1v) is 7.89. The highest BCUT2D eigenvalue weighted by molar-refractivity contribution is 5.86. The molecule has 5 heteroatoms. The van der Waals surface area contributed by atoms with Gasteiger partial charge < -0.3 is 14.3 Å². The smallest absolute Gasteiger partial charge is 0.343 e. The summed E-state index contributed by atoms with van der Waals surface area (Å²) in [6, 6.07) is 13.7. The maximum Gasteiger partial charge on any atom is 0.343 e. The molecule has 1 atom stereocenters. The largest absolute Gasteiger partial charge is 0.508 e. The highest BCUT2D eigenvalue weighted by atomic mass is 16.5. The van der Waals surface area contributed by atoms with Crippen LogP contribution in [0.2, 0.25) is 0 Å². The first-order chi connectivity index (χ1) is 12.0. The van der Waals surface area contributed by atoms with Gasteiger partial charge in [0.15, 0.2) is 0 Å². The molecular formula is C20H18O5. The Balaban J connectivity index is 2.32. The maximum atomic E-state index is 12.7. The molecule has 1 N–H and O–H groups in total. The van der Waals surface area contributed by atoms with Crippen molar-refractivity contribution >= 4 is 16.8 Å². The number of fused-ring (bicyclic) bond motifs is 1. The van der Waals surface area contributed by atoms with Crippen LogP contribution in [0.15, 0.2) is 57.7 Å². The number of ether oxygens (including phenoxy) is 1. The normalized spacial score (nSPS) is 12.1. The van der Waals surface area contributed by atoms with Crippen molar-refractivity contribution in [2.24, 2.45) is 0 Å². The first-order valence-electron chi connectivity index (χ1n) is 7.89. The van der Waals surface area contributed by atoms with Gasteiger partial charge in [-0.2, -0.15) is 0 Å². The van der Waals surface area contributed by atoms with E-state index < -0.39 is 11.5 Å². The minimum Gasteiger partial charge on any atom is -0.508 e. The zero-order valence-electron chi connectivity index (χ0n) is 14.0. The number of aromatic hydroxyl groups is 1. The number of hydrogen-bond donors (Lipinski definition) is 1. The lowest BCUT2D eigenvalue weighted by molar-refractivity contribution is -0.117. The van der Waals surface area contributed by atoms with E-state index in [0.717, 1.165) is 5.56 Å². The van der Waals surface area contributed by atoms with Crippen LogP contribution in [0, 0.1) is 0 Å². The monoisotopic (exact) mass is 338 g/mol. The second-order valence-electron chi connectivity index (χ2n) is 5.89. The van der Waals surface area contributed by atoms with Crippen LogP contribution in [-0.4, -0.2) is 18.0 Å². The molecule has 0 unspecified atom stereocenters. The highest BCUT2D eigenvalue weighted by Gasteiger charge is 2.26. The zero-order valence-corrected chi connectivity index (χ0v) is 14.0. The predicted octanol–water partition coefficient (Wildman–Crippen LogP) is 3.62. The van der Waals surface area contributed by atoms with E-state index in [2.05, 4.69) is 0 Å². The van der Waals surface area contributed by atoms with Gasteiger partial charge in [0.1, 0.15) is 22.9 Å². The summed E-state index contributed by atoms with van der Waals surface area (Å²) in [7, 11) is 1.46. The van der Waals surface area contributed by atoms with E-state index in [1.165, 1.54) is 32.2 Å². The van der Waals surface area contributed by atoms with Gasteiger partial charge in [0.05, 0.1) is 18.1 Å². The lowest BCUT2D eigenvalue weighted by atomic mass is 9.87. The molecule has 25 heavy (non-hydrogen) atoms. The van der Waals surface area contributed by atoms with Crippen molar-refractivity contribution in [1.82, 2.24) is 0 Å². The fourth-order valence-electron chi connectivity index (χ4n) is 3.06. The molecule has 2 aromatic carbocycles. The van der Waals surface area contributed by atoms with Crippen LogP contribution in [0.4, 0.5) is 0 Å². The summed E-state index contributed by atoms with van der Waals surface area (Å²) in [5, 5.41) is 10.3. The lowest BCUT2D eigenvalue weighted by Gasteiger charge is -2.19. The Morgan fingerprint density at radius 1 is 1.20 bits per heavy atom. The maximum absolute atomic E-state index is 12.7. The molecule has 0 fully saturated rings. The van der Waals surface area contributed by atoms with Gasteiger partial charge in [-0.1, -0.05) is 30.3 Å². The molecule has 0 aliphatic rings. The highest BCUT2D eigenvalue weighted by Crippen LogP contribution is 2.37. The van der Waals surface area contributed by atoms with Crippen LogP contribution in [0.5, 0.6) is 11.5 Å². The second-order valence-corrected chi connectivity index (χ2v) is 5.89. The number of benzene rings is 2. The number of methoxy groups -OCH3 is 1. The quantitative estimate of drug-likeness (QED) is 0.719. The fourth-order valence-corrected chi connectivity index (χ4v) is 3.06. The van der Waals surface area contributed by atoms with Gasteiger partial charge in [-0.25, -0.2) is 4.79 Å². The summed E-state index contributed by atoms with van der Waals surface area (Å²) in [5.41, 5.74) is 0.869. The first kappa shape index (κ1) is 16.8. The molecule has 3 rings (SSSR count). The van der Waals surface area contributed by atoms with Crippen molar-refractivity contribution in [1.29, 1.82) is 0 Å². The van der Waals surface area contributed by atoms with Gasteiger partial charge in [0.25, 0.3) is 0 Å². The van der Waals surface area contributed by atoms with Crippen LogP contribution in [0.25, 0.3) is 11.0 Å². The molecule has 1 heterocycles. The molecule has 0 radical (unpaired) electrons. The standard InChI is InChI=1S/C20H18O5/c1-12(21)10-15(13-6-4-3-5-7-13)18-19(24-2)16-11-14(22)8-9-17(16)25-20(18)23/h3-9,11,15,22H,10H2,1-2H3/t15-/m1/s1. The van der Waals surface area contributed by atoms with E-state index in [0.29, 0.717) is 16.7 Å². The van der Waals surface area contributed by atoms with Crippen molar-refractivity contribution < 1.29 is 19.1 Å². The summed E-state index contributed by atoms with van der Waals surface area (Å²) in [6.45, 7) is 1.48. The summed E-state index contributed by atoms with van der Waals surface area (Å²) in [5.74, 6) is -0.186. The summed E-state index contributed by atoms with van der Waals surface area (Å²) >= 11 is 0. The molecule has 0 amide bonds. The average molecular weight is 338 g/mol. The molecule has 0 spiro atoms. The van der Waals surface area contributed by atoms with Crippen molar-refractivity contribution in [2.45, 2.75) is 19.3 Å². The molecule has 0 aliphatic carbocycles. The van der Waals surface area contributed by atoms with Gasteiger partial charge >= 0.3 is 5.63 Å². The molecule has 0 saturated heterocycles. The topological polar surface area (TPSA) is 76.7 Å². The Kier molecular flexibility index (Phi) is 4.57. The van der Waals surface area contributed by atoms with Gasteiger partial charge in [-0.3, -0.25) is 4.79 Å². The van der Waals surface area contributed by atoms with Gasteiger partial charge in [0, 0.05) is 12.3 Å². The fraction of sp³-hybridized carbons (Fsp3) is 0.200. The Labute approximate surface area is 144 Å². The second kappa shape index (κ2) is 6.81. The number of phenols is 1. The molecule has 1 aromatic heterocycles. The number of carbonyl (C=O) groups excluding carboxylic acids is 1. The van der Waals surface area contributed by atoms with Crippen molar-refractivity contribution in [3.8, 4) is 11.5 Å². The number of ketones is 1. The molecule has 0 bridgehead atoms. The van der Waals surface area contributed by atoms with E-state index in [4.69, 9.17) is 9.15 Å². The molecule has 0 aliphatic heterocycles. The van der Waals surface area contributed by atoms with Crippen LogP contribution in [-0.2, 0) is 4.79 Å². The van der Waals surface area contributed by atoms with Crippen LogP contribution < -0.4 is 10.4 Å². The lowest BCUT2D eigenvalue weighted by Crippen LogP contribution is -2.18. The van der Waals surface area contributed by atoms with Crippen LogP contribution in [0.3, 0.4) is 0 Å². The Morgan fingerprint density at radius 2 is 1.92 bits per heavy atom. The van der Waals surface area contributed by atoms with E-state index >= 15 is 0 Å². The minimum absolute atomic E-state index is 0.0356. The number of phenolic OH excluding ortho intramolecular Hbond substituents is 1. The van der Waals surface area contributed by atoms with Gasteiger partial charge in [0.2, 0.25) is 0 Å². The van der Waals surface area contributed by atoms with Gasteiger partial charge in [-0.05, 0) is 30.7 Å². The number of hydrogen-bond acceptors (Lipinski definition) is 5. The van der Waals surface area contributed by atoms with Gasteiger partial charge in [-0.15, -0.1) is 0 Å². The van der Waals surface area contributed by atoms with Crippen molar-refractivity contribution in [2.75, 3.05) is 7.11 Å². The van der Waals surface area contributed by atoms with E-state index in [-0.39, 0.29) is 23.5 Å². The minimum atomic E-state index is -0.551. The molecule has 5 nitrogen and oxygen atoms in total. The van der Waals surface area contributed by atoms with Crippen molar-refractivity contribution in [3.05, 3.63) is 70.1 Å². The molecular weight excluding hydrogens is 320 g/mol. The van der Waals surface area contributed by atoms with Crippen LogP contribution >= 0.6 is 0 Å². The average Bonchev–Trinajstić information content (AvgIpc) is 2.60. The number of carbonyl (C=O) groups is 1. The third-order valence-corrected chi connectivity index (χ3v) is 4.12. The molecule has 3 aromatic rings. The Morgan fingerprint density at radius 3 is 2.56 bits per heavy atom. The third kappa shape index (κ3) is 3.26. The van der Waals surface area contributed by atoms with Crippen molar-refractivity contribution in [3.63, 3.8) is 0 Å². The molecule has 128 valence electrons. The number of Topliss-reactive ketones (excluding diaryl/α,β-unsaturated/α-hetero) is 1. The summed E-state index contributed by atoms with van der Waals surface area (Å²) < 4.78 is 10.9. The zero-order chi connectivity index (χ0) is 18.0.